The van der Waals surface area contributed by atoms with Gasteiger partial charge >= 0.3 is 18.3 Å². The molecule has 2 heterocycles. The van der Waals surface area contributed by atoms with Crippen molar-refractivity contribution in [1.82, 2.24) is 25.2 Å². The number of rotatable bonds is 6. The zero-order valence-electron chi connectivity index (χ0n) is 17.9. The largest absolute Gasteiger partial charge is 0.459 e. The average Bonchev–Trinajstić information content (AvgIpc) is 3.34. The molecule has 2 aromatic heterocycles. The highest BCUT2D eigenvalue weighted by Crippen LogP contribution is 2.50. The maximum atomic E-state index is 13.9. The van der Waals surface area contributed by atoms with Crippen molar-refractivity contribution in [2.75, 3.05) is 6.54 Å². The maximum Gasteiger partial charge on any atom is 0.459 e. The van der Waals surface area contributed by atoms with Crippen LogP contribution in [0.4, 0.5) is 35.1 Å². The minimum atomic E-state index is -6.35. The predicted octanol–water partition coefficient (Wildman–Crippen LogP) is 5.60. The third kappa shape index (κ3) is 4.75. The van der Waals surface area contributed by atoms with E-state index in [1.165, 1.54) is 18.2 Å². The van der Waals surface area contributed by atoms with Crippen LogP contribution in [-0.4, -0.2) is 38.5 Å². The number of amides is 1. The van der Waals surface area contributed by atoms with E-state index in [2.05, 4.69) is 20.6 Å². The zero-order valence-corrected chi connectivity index (χ0v) is 18.7. The monoisotopic (exact) mass is 543 g/mol. The maximum absolute atomic E-state index is 13.9. The van der Waals surface area contributed by atoms with Crippen molar-refractivity contribution >= 4 is 17.5 Å². The second-order valence-corrected chi connectivity index (χ2v) is 8.44. The summed E-state index contributed by atoms with van der Waals surface area (Å²) in [6, 6.07) is 3.84. The molecule has 1 aliphatic carbocycles. The number of nitrogens with one attached hydrogen (secondary N) is 1. The number of alkyl halides is 8. The van der Waals surface area contributed by atoms with E-state index in [4.69, 9.17) is 16.1 Å². The molecule has 0 bridgehead atoms. The van der Waals surface area contributed by atoms with Gasteiger partial charge in [-0.2, -0.15) is 45.2 Å². The fourth-order valence-corrected chi connectivity index (χ4v) is 3.52. The number of nitrogens with zero attached hydrogens (tertiary/aromatic N) is 4. The summed E-state index contributed by atoms with van der Waals surface area (Å²) in [4.78, 5) is 16.1. The molecule has 36 heavy (non-hydrogen) atoms. The van der Waals surface area contributed by atoms with Crippen molar-refractivity contribution in [1.29, 1.82) is 0 Å². The molecule has 1 amide bonds. The Hall–Kier alpha value is -3.23. The second kappa shape index (κ2) is 8.71. The number of carbonyl (C=O) groups excluding carboxylic acids is 1. The molecule has 3 aromatic rings. The Bertz CT molecular complexity index is 1310. The lowest BCUT2D eigenvalue weighted by molar-refractivity contribution is -0.292. The van der Waals surface area contributed by atoms with Gasteiger partial charge in [0.25, 0.3) is 11.8 Å². The van der Waals surface area contributed by atoms with Gasteiger partial charge in [-0.15, -0.1) is 0 Å². The lowest BCUT2D eigenvalue weighted by atomic mass is 10.1. The van der Waals surface area contributed by atoms with Crippen LogP contribution in [0.15, 0.2) is 22.7 Å². The number of benzene rings is 1. The summed E-state index contributed by atoms with van der Waals surface area (Å²) in [5.74, 6) is -7.48. The highest BCUT2D eigenvalue weighted by atomic mass is 35.5. The van der Waals surface area contributed by atoms with E-state index in [0.717, 1.165) is 19.9 Å². The van der Waals surface area contributed by atoms with E-state index in [1.807, 2.05) is 0 Å². The molecule has 1 fully saturated rings. The van der Waals surface area contributed by atoms with E-state index < -0.39 is 47.0 Å². The SMILES string of the molecule is Cn1nc(C(F)(F)C(F)(F)F)c(C(F)(F)F)c1-c1nc(-c2ccc(Cl)c(C(=O)NCC3CC3)c2)no1. The number of aryl methyl sites for hydroxylation is 1. The first-order valence-electron chi connectivity index (χ1n) is 10.1. The molecule has 0 saturated heterocycles. The van der Waals surface area contributed by atoms with Crippen LogP contribution in [0.1, 0.15) is 34.5 Å². The van der Waals surface area contributed by atoms with Crippen molar-refractivity contribution in [3.05, 3.63) is 40.0 Å². The molecule has 16 heteroatoms. The highest BCUT2D eigenvalue weighted by molar-refractivity contribution is 6.34. The molecular weight excluding hydrogens is 530 g/mol. The minimum absolute atomic E-state index is 0.00443. The van der Waals surface area contributed by atoms with Gasteiger partial charge in [-0.1, -0.05) is 16.8 Å². The predicted molar refractivity (Wildman–Crippen MR) is 107 cm³/mol. The lowest BCUT2D eigenvalue weighted by Gasteiger charge is -2.19. The molecule has 1 N–H and O–H groups in total. The Morgan fingerprint density at radius 3 is 2.42 bits per heavy atom. The molecule has 194 valence electrons. The molecule has 1 aliphatic rings. The summed E-state index contributed by atoms with van der Waals surface area (Å²) in [5, 5.41) is 9.01. The fraction of sp³-hybridized carbons (Fsp3) is 0.400. The van der Waals surface area contributed by atoms with Gasteiger partial charge in [-0.3, -0.25) is 9.48 Å². The standard InChI is InChI=1S/C20H14ClF8N5O2/c1-34-13(12(19(24,25)26)14(32-34)18(22,23)20(27,28)29)17-31-15(33-36-17)9-4-5-11(21)10(6-9)16(35)30-7-8-2-3-8/h4-6,8H,2-3,7H2,1H3,(H,30,35). The lowest BCUT2D eigenvalue weighted by Crippen LogP contribution is -2.36. The van der Waals surface area contributed by atoms with Crippen LogP contribution in [0.25, 0.3) is 23.0 Å². The van der Waals surface area contributed by atoms with Gasteiger partial charge in [0.2, 0.25) is 5.82 Å². The summed E-state index contributed by atoms with van der Waals surface area (Å²) in [6.07, 6.45) is -10.1. The molecular formula is C20H14ClF8N5O2. The van der Waals surface area contributed by atoms with E-state index in [0.29, 0.717) is 12.5 Å². The van der Waals surface area contributed by atoms with Crippen LogP contribution in [0.5, 0.6) is 0 Å². The fourth-order valence-electron chi connectivity index (χ4n) is 3.32. The van der Waals surface area contributed by atoms with Gasteiger partial charge in [-0.05, 0) is 37.0 Å². The molecule has 0 atom stereocenters. The summed E-state index contributed by atoms with van der Waals surface area (Å²) in [5.41, 5.74) is -6.16. The smallest absolute Gasteiger partial charge is 0.352 e. The summed E-state index contributed by atoms with van der Waals surface area (Å²) >= 11 is 6.06. The highest BCUT2D eigenvalue weighted by Gasteiger charge is 2.64. The third-order valence-electron chi connectivity index (χ3n) is 5.33. The average molecular weight is 544 g/mol. The molecule has 0 spiro atoms. The van der Waals surface area contributed by atoms with E-state index in [-0.39, 0.29) is 26.7 Å². The quantitative estimate of drug-likeness (QED) is 0.409. The normalized spacial score (nSPS) is 14.8. The summed E-state index contributed by atoms with van der Waals surface area (Å²) in [7, 11) is 0.717. The van der Waals surface area contributed by atoms with Crippen molar-refractivity contribution < 1.29 is 44.4 Å². The van der Waals surface area contributed by atoms with Crippen molar-refractivity contribution in [2.24, 2.45) is 13.0 Å². The van der Waals surface area contributed by atoms with Crippen LogP contribution in [0.2, 0.25) is 5.02 Å². The van der Waals surface area contributed by atoms with Crippen molar-refractivity contribution in [3.63, 3.8) is 0 Å². The number of hydrogen-bond acceptors (Lipinski definition) is 5. The molecule has 4 rings (SSSR count). The van der Waals surface area contributed by atoms with Gasteiger partial charge in [0.15, 0.2) is 5.69 Å². The van der Waals surface area contributed by atoms with Gasteiger partial charge in [0.05, 0.1) is 10.6 Å². The number of aromatic nitrogens is 4. The topological polar surface area (TPSA) is 85.8 Å². The zero-order chi connectivity index (χ0) is 26.6. The van der Waals surface area contributed by atoms with Gasteiger partial charge in [-0.25, -0.2) is 0 Å². The molecule has 7 nitrogen and oxygen atoms in total. The van der Waals surface area contributed by atoms with Gasteiger partial charge in [0.1, 0.15) is 11.3 Å². The van der Waals surface area contributed by atoms with Crippen LogP contribution in [0.3, 0.4) is 0 Å². The number of halogens is 9. The third-order valence-corrected chi connectivity index (χ3v) is 5.66. The van der Waals surface area contributed by atoms with Crippen molar-refractivity contribution in [2.45, 2.75) is 31.1 Å². The molecule has 0 aliphatic heterocycles. The molecule has 1 aromatic carbocycles. The first kappa shape index (κ1) is 25.9. The summed E-state index contributed by atoms with van der Waals surface area (Å²) < 4.78 is 112. The van der Waals surface area contributed by atoms with Gasteiger partial charge in [0, 0.05) is 19.2 Å². The van der Waals surface area contributed by atoms with E-state index in [9.17, 15) is 39.9 Å². The second-order valence-electron chi connectivity index (χ2n) is 8.04. The minimum Gasteiger partial charge on any atom is -0.352 e. The Morgan fingerprint density at radius 1 is 1.17 bits per heavy atom. The molecule has 1 saturated carbocycles. The first-order chi connectivity index (χ1) is 16.6. The van der Waals surface area contributed by atoms with Crippen LogP contribution >= 0.6 is 11.6 Å². The molecule has 0 radical (unpaired) electrons. The Morgan fingerprint density at radius 2 is 1.83 bits per heavy atom. The Labute approximate surface area is 201 Å². The van der Waals surface area contributed by atoms with E-state index in [1.54, 1.807) is 0 Å². The number of carbonyl (C=O) groups is 1. The molecule has 0 unspecified atom stereocenters. The van der Waals surface area contributed by atoms with E-state index >= 15 is 0 Å². The first-order valence-corrected chi connectivity index (χ1v) is 10.5. The Kier molecular flexibility index (Phi) is 6.25. The Balaban J connectivity index is 1.75. The number of hydrogen-bond donors (Lipinski definition) is 1. The van der Waals surface area contributed by atoms with Crippen LogP contribution in [-0.2, 0) is 19.1 Å². The summed E-state index contributed by atoms with van der Waals surface area (Å²) in [6.45, 7) is 0.428. The van der Waals surface area contributed by atoms with Crippen molar-refractivity contribution in [3.8, 4) is 23.0 Å². The van der Waals surface area contributed by atoms with Gasteiger partial charge < -0.3 is 9.84 Å². The van der Waals surface area contributed by atoms with Crippen LogP contribution < -0.4 is 5.32 Å². The van der Waals surface area contributed by atoms with Crippen LogP contribution in [0, 0.1) is 5.92 Å².